The first-order valence-corrected chi connectivity index (χ1v) is 18.6. The molecule has 4 aromatic rings. The highest BCUT2D eigenvalue weighted by Crippen LogP contribution is 2.49. The van der Waals surface area contributed by atoms with Crippen LogP contribution in [0.25, 0.3) is 45.9 Å². The molecule has 0 fully saturated rings. The molecule has 0 spiro atoms. The van der Waals surface area contributed by atoms with Crippen molar-refractivity contribution in [3.8, 4) is 0 Å². The first kappa shape index (κ1) is 28.0. The summed E-state index contributed by atoms with van der Waals surface area (Å²) in [5, 5.41) is 4.00. The Morgan fingerprint density at radius 3 is 2.57 bits per heavy atom. The molecule has 0 saturated carbocycles. The van der Waals surface area contributed by atoms with E-state index in [9.17, 15) is 0 Å². The number of aryl methyl sites for hydroxylation is 2. The molecule has 4 atom stereocenters. The quantitative estimate of drug-likeness (QED) is 0.214. The maximum atomic E-state index is 6.65. The lowest BCUT2D eigenvalue weighted by atomic mass is 9.67. The molecule has 0 amide bonds. The molecular weight excluding hydrogens is 593 g/mol. The van der Waals surface area contributed by atoms with Crippen LogP contribution in [-0.2, 0) is 12.8 Å². The molecule has 0 aliphatic heterocycles. The van der Waals surface area contributed by atoms with Gasteiger partial charge in [0.25, 0.3) is 0 Å². The van der Waals surface area contributed by atoms with Gasteiger partial charge in [0, 0.05) is 16.9 Å². The van der Waals surface area contributed by atoms with Gasteiger partial charge in [-0.2, -0.15) is 0 Å². The fourth-order valence-corrected chi connectivity index (χ4v) is 10.2. The summed E-state index contributed by atoms with van der Waals surface area (Å²) in [7, 11) is 0. The minimum absolute atomic E-state index is 0.505. The summed E-state index contributed by atoms with van der Waals surface area (Å²) in [5.74, 6) is 3.46. The van der Waals surface area contributed by atoms with Crippen molar-refractivity contribution in [1.82, 2.24) is 0 Å². The van der Waals surface area contributed by atoms with Crippen LogP contribution in [0, 0.1) is 23.7 Å². The van der Waals surface area contributed by atoms with Gasteiger partial charge in [0.2, 0.25) is 0 Å². The molecule has 1 heteroatoms. The van der Waals surface area contributed by atoms with Crippen LogP contribution in [0.15, 0.2) is 124 Å². The SMILES string of the molecule is C1=CC2=CC=C3C=c4cc(C5=Cc6oc7cc(C8=CC=C9C=C%10c%11ccccc%11CCC%10CC9C8)ccc7c6CC5)ccc4=CC3C2CC1. The largest absolute Gasteiger partial charge is 0.456 e. The summed E-state index contributed by atoms with van der Waals surface area (Å²) < 4.78 is 6.65. The van der Waals surface area contributed by atoms with Crippen molar-refractivity contribution < 1.29 is 4.42 Å². The minimum Gasteiger partial charge on any atom is -0.456 e. The number of hydrogen-bond donors (Lipinski definition) is 0. The summed E-state index contributed by atoms with van der Waals surface area (Å²) in [6.45, 7) is 0. The number of allylic oxidation sites excluding steroid dienone is 13. The van der Waals surface area contributed by atoms with Crippen molar-refractivity contribution in [3.63, 3.8) is 0 Å². The minimum atomic E-state index is 0.505. The zero-order valence-electron chi connectivity index (χ0n) is 27.9. The summed E-state index contributed by atoms with van der Waals surface area (Å²) in [4.78, 5) is 0. The molecule has 11 rings (SSSR count). The van der Waals surface area contributed by atoms with Crippen LogP contribution in [0.4, 0.5) is 0 Å². The highest BCUT2D eigenvalue weighted by atomic mass is 16.3. The third-order valence-corrected chi connectivity index (χ3v) is 12.8. The fraction of sp³-hybridized carbons (Fsp3) is 0.250. The van der Waals surface area contributed by atoms with E-state index < -0.39 is 0 Å². The molecule has 7 aliphatic carbocycles. The summed E-state index contributed by atoms with van der Waals surface area (Å²) in [6.07, 6.45) is 33.3. The van der Waals surface area contributed by atoms with Crippen molar-refractivity contribution in [2.45, 2.75) is 51.4 Å². The van der Waals surface area contributed by atoms with Crippen LogP contribution in [0.3, 0.4) is 0 Å². The fourth-order valence-electron chi connectivity index (χ4n) is 10.2. The highest BCUT2D eigenvalue weighted by molar-refractivity contribution is 5.93. The van der Waals surface area contributed by atoms with E-state index in [0.29, 0.717) is 23.7 Å². The van der Waals surface area contributed by atoms with E-state index in [1.807, 2.05) is 0 Å². The zero-order valence-corrected chi connectivity index (χ0v) is 27.9. The number of fused-ring (bicyclic) bond motifs is 11. The Morgan fingerprint density at radius 1 is 0.673 bits per heavy atom. The highest BCUT2D eigenvalue weighted by Gasteiger charge is 2.33. The lowest BCUT2D eigenvalue weighted by Gasteiger charge is -2.37. The third kappa shape index (κ3) is 4.51. The molecule has 7 aliphatic rings. The van der Waals surface area contributed by atoms with Gasteiger partial charge in [0.15, 0.2) is 0 Å². The van der Waals surface area contributed by atoms with Crippen molar-refractivity contribution in [1.29, 1.82) is 0 Å². The topological polar surface area (TPSA) is 13.1 Å². The van der Waals surface area contributed by atoms with E-state index in [1.54, 1.807) is 5.57 Å². The lowest BCUT2D eigenvalue weighted by Crippen LogP contribution is -2.34. The summed E-state index contributed by atoms with van der Waals surface area (Å²) >= 11 is 0. The van der Waals surface area contributed by atoms with Crippen LogP contribution in [0.5, 0.6) is 0 Å². The number of rotatable bonds is 2. The van der Waals surface area contributed by atoms with Gasteiger partial charge in [-0.05, 0) is 153 Å². The van der Waals surface area contributed by atoms with Gasteiger partial charge in [-0.15, -0.1) is 0 Å². The maximum absolute atomic E-state index is 6.65. The molecule has 1 nitrogen and oxygen atoms in total. The standard InChI is InChI=1S/C48H40O/c1-3-7-41-29(5-1)9-15-37-23-39-21-31(11-13-33(39)25-45(37)41)35-17-19-43-44-20-18-36(28-48(44)49-47(43)27-35)32-12-14-34-26-46-38(24-40(34)22-32)16-10-30-6-2-4-8-42(30)46/h1-3,5-7,10-14,16-17,19,22,24-28,37,39,42,46H,4,8-9,15,18,20-21,23H2. The van der Waals surface area contributed by atoms with Gasteiger partial charge >= 0.3 is 0 Å². The molecule has 3 aromatic carbocycles. The molecular formula is C48H40O. The Balaban J connectivity index is 0.891. The van der Waals surface area contributed by atoms with Crippen LogP contribution >= 0.6 is 0 Å². The Labute approximate surface area is 288 Å². The predicted octanol–water partition coefficient (Wildman–Crippen LogP) is 10.3. The third-order valence-electron chi connectivity index (χ3n) is 12.8. The number of furan rings is 1. The average molecular weight is 633 g/mol. The second kappa shape index (κ2) is 10.8. The molecule has 238 valence electrons. The molecule has 0 saturated heterocycles. The van der Waals surface area contributed by atoms with Crippen molar-refractivity contribution in [3.05, 3.63) is 164 Å². The molecule has 0 radical (unpaired) electrons. The van der Waals surface area contributed by atoms with Crippen LogP contribution in [0.1, 0.15) is 72.1 Å². The normalized spacial score (nSPS) is 25.9. The monoisotopic (exact) mass is 632 g/mol. The van der Waals surface area contributed by atoms with Crippen molar-refractivity contribution >= 4 is 45.9 Å². The van der Waals surface area contributed by atoms with Gasteiger partial charge in [-0.1, -0.05) is 103 Å². The first-order chi connectivity index (χ1) is 24.2. The Bertz CT molecular complexity index is 2460. The van der Waals surface area contributed by atoms with E-state index in [-0.39, 0.29) is 0 Å². The Hall–Kier alpha value is -4.88. The molecule has 1 heterocycles. The molecule has 0 bridgehead atoms. The Morgan fingerprint density at radius 2 is 1.57 bits per heavy atom. The van der Waals surface area contributed by atoms with Crippen molar-refractivity contribution in [2.75, 3.05) is 0 Å². The second-order valence-corrected chi connectivity index (χ2v) is 15.4. The van der Waals surface area contributed by atoms with Gasteiger partial charge in [0.1, 0.15) is 11.3 Å². The molecule has 4 unspecified atom stereocenters. The van der Waals surface area contributed by atoms with Crippen LogP contribution < -0.4 is 10.4 Å². The lowest BCUT2D eigenvalue weighted by molar-refractivity contribution is 0.441. The van der Waals surface area contributed by atoms with E-state index >= 15 is 0 Å². The van der Waals surface area contributed by atoms with Gasteiger partial charge in [0.05, 0.1) is 0 Å². The number of hydrogen-bond acceptors (Lipinski definition) is 1. The van der Waals surface area contributed by atoms with Gasteiger partial charge in [-0.3, -0.25) is 0 Å². The van der Waals surface area contributed by atoms with E-state index in [0.717, 1.165) is 30.6 Å². The van der Waals surface area contributed by atoms with E-state index in [2.05, 4.69) is 121 Å². The van der Waals surface area contributed by atoms with Gasteiger partial charge < -0.3 is 4.42 Å². The summed E-state index contributed by atoms with van der Waals surface area (Å²) in [5.41, 5.74) is 16.9. The molecule has 0 N–H and O–H groups in total. The van der Waals surface area contributed by atoms with Crippen molar-refractivity contribution in [2.24, 2.45) is 23.7 Å². The zero-order chi connectivity index (χ0) is 32.1. The van der Waals surface area contributed by atoms with Crippen LogP contribution in [-0.4, -0.2) is 0 Å². The second-order valence-electron chi connectivity index (χ2n) is 15.4. The maximum Gasteiger partial charge on any atom is 0.135 e. The predicted molar refractivity (Wildman–Crippen MR) is 204 cm³/mol. The molecule has 1 aromatic heterocycles. The van der Waals surface area contributed by atoms with E-state index in [4.69, 9.17) is 4.42 Å². The smallest absolute Gasteiger partial charge is 0.135 e. The van der Waals surface area contributed by atoms with Crippen LogP contribution in [0.2, 0.25) is 0 Å². The number of benzene rings is 3. The summed E-state index contributed by atoms with van der Waals surface area (Å²) in [6, 6.07) is 23.1. The first-order valence-electron chi connectivity index (χ1n) is 18.6. The van der Waals surface area contributed by atoms with E-state index in [1.165, 1.54) is 104 Å². The Kier molecular flexibility index (Phi) is 6.18. The molecule has 49 heavy (non-hydrogen) atoms. The van der Waals surface area contributed by atoms with Gasteiger partial charge in [-0.25, -0.2) is 0 Å². The average Bonchev–Trinajstić information content (AvgIpc) is 3.53.